The fraction of sp³-hybridized carbons (Fsp3) is 0.400. The van der Waals surface area contributed by atoms with Crippen LogP contribution in [0.2, 0.25) is 0 Å². The van der Waals surface area contributed by atoms with E-state index in [0.29, 0.717) is 6.07 Å². The Morgan fingerprint density at radius 3 is 2.25 bits per heavy atom. The second-order valence-corrected chi connectivity index (χ2v) is 3.55. The lowest BCUT2D eigenvalue weighted by molar-refractivity contribution is -0.138. The summed E-state index contributed by atoms with van der Waals surface area (Å²) in [7, 11) is 0. The maximum atomic E-state index is 13.2. The fourth-order valence-corrected chi connectivity index (χ4v) is 1.32. The molecule has 0 amide bonds. The molecule has 0 aliphatic rings. The molecule has 1 aromatic carbocycles. The van der Waals surface area contributed by atoms with E-state index in [0.717, 1.165) is 6.07 Å². The normalized spacial score (nSPS) is 13.9. The van der Waals surface area contributed by atoms with Gasteiger partial charge in [0.05, 0.1) is 6.42 Å². The summed E-state index contributed by atoms with van der Waals surface area (Å²) in [5.74, 6) is -1.86. The average molecular weight is 239 g/mol. The predicted octanol–water partition coefficient (Wildman–Crippen LogP) is 3.23. The fourth-order valence-electron chi connectivity index (χ4n) is 1.32. The summed E-state index contributed by atoms with van der Waals surface area (Å²) in [5.41, 5.74) is 4.96. The summed E-state index contributed by atoms with van der Waals surface area (Å²) in [4.78, 5) is 0. The Bertz CT molecular complexity index is 386. The molecule has 0 fully saturated rings. The highest BCUT2D eigenvalue weighted by molar-refractivity contribution is 5.28. The highest BCUT2D eigenvalue weighted by Crippen LogP contribution is 2.29. The molecule has 6 heteroatoms. The summed E-state index contributed by atoms with van der Waals surface area (Å²) in [5, 5.41) is 0. The minimum Gasteiger partial charge on any atom is -0.324 e. The third-order valence-corrected chi connectivity index (χ3v) is 2.13. The summed E-state index contributed by atoms with van der Waals surface area (Å²) in [6.45, 7) is 1.33. The molecular formula is C10H10F5N. The van der Waals surface area contributed by atoms with Gasteiger partial charge in [0.25, 0.3) is 0 Å². The number of hydrogen-bond donors (Lipinski definition) is 1. The maximum absolute atomic E-state index is 13.2. The molecule has 90 valence electrons. The van der Waals surface area contributed by atoms with Crippen LogP contribution in [-0.4, -0.2) is 6.18 Å². The van der Waals surface area contributed by atoms with Crippen LogP contribution in [0.3, 0.4) is 0 Å². The Balaban J connectivity index is 3.00. The third kappa shape index (κ3) is 3.16. The van der Waals surface area contributed by atoms with E-state index in [1.807, 2.05) is 0 Å². The quantitative estimate of drug-likeness (QED) is 0.788. The van der Waals surface area contributed by atoms with Gasteiger partial charge in [0.1, 0.15) is 11.6 Å². The van der Waals surface area contributed by atoms with Gasteiger partial charge in [0.2, 0.25) is 0 Å². The Morgan fingerprint density at radius 2 is 1.75 bits per heavy atom. The molecule has 0 saturated carbocycles. The van der Waals surface area contributed by atoms with E-state index in [9.17, 15) is 22.0 Å². The maximum Gasteiger partial charge on any atom is 0.390 e. The van der Waals surface area contributed by atoms with Gasteiger partial charge < -0.3 is 5.73 Å². The zero-order valence-corrected chi connectivity index (χ0v) is 8.41. The van der Waals surface area contributed by atoms with Crippen LogP contribution in [0.25, 0.3) is 0 Å². The molecule has 1 atom stereocenters. The molecule has 0 saturated heterocycles. The molecule has 0 aliphatic carbocycles. The molecule has 0 spiro atoms. The second kappa shape index (κ2) is 4.37. The van der Waals surface area contributed by atoms with Gasteiger partial charge in [-0.15, -0.1) is 0 Å². The van der Waals surface area contributed by atoms with E-state index in [-0.39, 0.29) is 11.1 Å². The Labute approximate surface area is 89.1 Å². The van der Waals surface area contributed by atoms with Gasteiger partial charge in [-0.2, -0.15) is 13.2 Å². The van der Waals surface area contributed by atoms with Crippen molar-refractivity contribution in [3.63, 3.8) is 0 Å². The highest BCUT2D eigenvalue weighted by Gasteiger charge is 2.32. The van der Waals surface area contributed by atoms with Gasteiger partial charge in [-0.05, 0) is 18.6 Å². The predicted molar refractivity (Wildman–Crippen MR) is 48.7 cm³/mol. The Kier molecular flexibility index (Phi) is 3.52. The topological polar surface area (TPSA) is 26.0 Å². The highest BCUT2D eigenvalue weighted by atomic mass is 19.4. The van der Waals surface area contributed by atoms with Crippen LogP contribution in [0, 0.1) is 18.6 Å². The van der Waals surface area contributed by atoms with Crippen molar-refractivity contribution in [2.75, 3.05) is 0 Å². The number of nitrogens with two attached hydrogens (primary N) is 1. The number of benzene rings is 1. The number of aryl methyl sites for hydroxylation is 1. The van der Waals surface area contributed by atoms with E-state index < -0.39 is 30.3 Å². The van der Waals surface area contributed by atoms with Crippen molar-refractivity contribution in [2.24, 2.45) is 5.73 Å². The monoisotopic (exact) mass is 239 g/mol. The lowest BCUT2D eigenvalue weighted by Gasteiger charge is -2.15. The van der Waals surface area contributed by atoms with Crippen molar-refractivity contribution in [1.29, 1.82) is 0 Å². The average Bonchev–Trinajstić information content (AvgIpc) is 2.08. The van der Waals surface area contributed by atoms with Crippen molar-refractivity contribution >= 4 is 0 Å². The van der Waals surface area contributed by atoms with E-state index in [1.54, 1.807) is 0 Å². The van der Waals surface area contributed by atoms with Crippen LogP contribution < -0.4 is 5.73 Å². The molecule has 0 bridgehead atoms. The van der Waals surface area contributed by atoms with Crippen molar-refractivity contribution in [2.45, 2.75) is 25.6 Å². The van der Waals surface area contributed by atoms with Gasteiger partial charge >= 0.3 is 6.18 Å². The first kappa shape index (κ1) is 12.9. The van der Waals surface area contributed by atoms with Crippen molar-refractivity contribution in [1.82, 2.24) is 0 Å². The Morgan fingerprint density at radius 1 is 1.19 bits per heavy atom. The summed E-state index contributed by atoms with van der Waals surface area (Å²) in [6, 6.07) is 0.0291. The lowest BCUT2D eigenvalue weighted by atomic mass is 10.0. The zero-order valence-electron chi connectivity index (χ0n) is 8.41. The van der Waals surface area contributed by atoms with Gasteiger partial charge in [-0.25, -0.2) is 8.78 Å². The molecule has 0 radical (unpaired) electrons. The molecule has 1 rings (SSSR count). The van der Waals surface area contributed by atoms with E-state index in [2.05, 4.69) is 0 Å². The zero-order chi connectivity index (χ0) is 12.5. The molecule has 0 aliphatic heterocycles. The number of hydrogen-bond acceptors (Lipinski definition) is 1. The Hall–Kier alpha value is -1.17. The van der Waals surface area contributed by atoms with Crippen LogP contribution in [0.5, 0.6) is 0 Å². The summed E-state index contributed by atoms with van der Waals surface area (Å²) < 4.78 is 62.1. The first-order valence-corrected chi connectivity index (χ1v) is 4.48. The smallest absolute Gasteiger partial charge is 0.324 e. The minimum absolute atomic E-state index is 0.0639. The molecule has 0 aromatic heterocycles. The van der Waals surface area contributed by atoms with Crippen LogP contribution in [0.4, 0.5) is 22.0 Å². The summed E-state index contributed by atoms with van der Waals surface area (Å²) in [6.07, 6.45) is -5.82. The second-order valence-electron chi connectivity index (χ2n) is 3.55. The van der Waals surface area contributed by atoms with E-state index >= 15 is 0 Å². The number of halogens is 5. The lowest BCUT2D eigenvalue weighted by Crippen LogP contribution is -2.21. The molecule has 1 aromatic rings. The van der Waals surface area contributed by atoms with Crippen LogP contribution in [0.15, 0.2) is 12.1 Å². The molecule has 16 heavy (non-hydrogen) atoms. The van der Waals surface area contributed by atoms with E-state index in [1.165, 1.54) is 6.92 Å². The standard InChI is InChI=1S/C10H10F5N/c1-5-2-6(8(12)3-7(5)11)9(16)4-10(13,14)15/h2-3,9H,4,16H2,1H3. The van der Waals surface area contributed by atoms with Gasteiger partial charge in [0, 0.05) is 17.7 Å². The third-order valence-electron chi connectivity index (χ3n) is 2.13. The van der Waals surface area contributed by atoms with Gasteiger partial charge in [-0.3, -0.25) is 0 Å². The first-order valence-electron chi connectivity index (χ1n) is 4.48. The molecule has 2 N–H and O–H groups in total. The molecule has 1 unspecified atom stereocenters. The van der Waals surface area contributed by atoms with Crippen molar-refractivity contribution in [3.8, 4) is 0 Å². The number of rotatable bonds is 2. The molecule has 0 heterocycles. The van der Waals surface area contributed by atoms with Gasteiger partial charge in [0.15, 0.2) is 0 Å². The first-order chi connectivity index (χ1) is 7.20. The number of alkyl halides is 3. The van der Waals surface area contributed by atoms with Crippen molar-refractivity contribution < 1.29 is 22.0 Å². The largest absolute Gasteiger partial charge is 0.390 e. The molecular weight excluding hydrogens is 229 g/mol. The van der Waals surface area contributed by atoms with Gasteiger partial charge in [-0.1, -0.05) is 0 Å². The van der Waals surface area contributed by atoms with Crippen LogP contribution >= 0.6 is 0 Å². The van der Waals surface area contributed by atoms with Crippen LogP contribution in [0.1, 0.15) is 23.6 Å². The summed E-state index contributed by atoms with van der Waals surface area (Å²) >= 11 is 0. The molecule has 1 nitrogen and oxygen atoms in total. The minimum atomic E-state index is -4.48. The van der Waals surface area contributed by atoms with Crippen LogP contribution in [-0.2, 0) is 0 Å². The van der Waals surface area contributed by atoms with E-state index in [4.69, 9.17) is 5.73 Å². The SMILES string of the molecule is Cc1cc(C(N)CC(F)(F)F)c(F)cc1F. The van der Waals surface area contributed by atoms with Crippen molar-refractivity contribution in [3.05, 3.63) is 34.9 Å².